The SMILES string of the molecule is CC(C)COC(=O)c1cccc(Nc2cc(S(=O)(=O)[O-])c(N)c3c2C(=O)c2ccccc2C3=O)c1.[Na+]. The molecule has 0 heterocycles. The van der Waals surface area contributed by atoms with E-state index in [4.69, 9.17) is 10.5 Å². The molecule has 0 radical (unpaired) electrons. The smallest absolute Gasteiger partial charge is 0.744 e. The van der Waals surface area contributed by atoms with Gasteiger partial charge >= 0.3 is 35.5 Å². The third kappa shape index (κ3) is 5.23. The number of rotatable bonds is 6. The molecule has 180 valence electrons. The van der Waals surface area contributed by atoms with E-state index in [2.05, 4.69) is 5.32 Å². The van der Waals surface area contributed by atoms with Crippen molar-refractivity contribution in [2.45, 2.75) is 18.7 Å². The van der Waals surface area contributed by atoms with Crippen LogP contribution in [0.4, 0.5) is 17.1 Å². The van der Waals surface area contributed by atoms with Crippen molar-refractivity contribution in [3.8, 4) is 0 Å². The maximum atomic E-state index is 13.4. The number of hydrogen-bond acceptors (Lipinski definition) is 9. The average molecular weight is 517 g/mol. The number of anilines is 3. The first-order chi connectivity index (χ1) is 16.5. The number of carbonyl (C=O) groups is 3. The van der Waals surface area contributed by atoms with Crippen LogP contribution in [0.5, 0.6) is 0 Å². The molecule has 1 aliphatic carbocycles. The summed E-state index contributed by atoms with van der Waals surface area (Å²) in [5, 5.41) is 2.87. The zero-order valence-corrected chi connectivity index (χ0v) is 22.6. The van der Waals surface area contributed by atoms with Crippen molar-refractivity contribution in [1.29, 1.82) is 0 Å². The molecule has 0 aromatic heterocycles. The number of nitrogens with two attached hydrogens (primary N) is 1. The van der Waals surface area contributed by atoms with Gasteiger partial charge in [-0.25, -0.2) is 13.2 Å². The van der Waals surface area contributed by atoms with Crippen LogP contribution in [0, 0.1) is 5.92 Å². The molecule has 0 amide bonds. The monoisotopic (exact) mass is 516 g/mol. The van der Waals surface area contributed by atoms with Crippen molar-refractivity contribution in [1.82, 2.24) is 0 Å². The molecule has 0 unspecified atom stereocenters. The second-order valence-electron chi connectivity index (χ2n) is 8.44. The minimum Gasteiger partial charge on any atom is -0.744 e. The van der Waals surface area contributed by atoms with Gasteiger partial charge < -0.3 is 20.3 Å². The molecule has 3 N–H and O–H groups in total. The number of nitrogens with one attached hydrogen (secondary N) is 1. The number of hydrogen-bond donors (Lipinski definition) is 2. The zero-order chi connectivity index (χ0) is 25.5. The zero-order valence-electron chi connectivity index (χ0n) is 19.8. The van der Waals surface area contributed by atoms with E-state index in [0.29, 0.717) is 5.69 Å². The topological polar surface area (TPSA) is 156 Å². The molecule has 0 bridgehead atoms. The van der Waals surface area contributed by atoms with Crippen LogP contribution in [0.3, 0.4) is 0 Å². The quantitative estimate of drug-likeness (QED) is 0.161. The standard InChI is InChI=1S/C25H22N2O7S.Na/c1-13(2)12-34-25(30)14-6-5-7-15(10-14)27-18-11-19(35(31,32)33)22(26)21-20(18)23(28)16-8-3-4-9-17(16)24(21)29;/h3-11,13,27H,12,26H2,1-2H3,(H,31,32,33);/q;+1/p-1. The Labute approximate surface area is 230 Å². The van der Waals surface area contributed by atoms with Gasteiger partial charge in [0.25, 0.3) is 0 Å². The molecule has 0 aliphatic heterocycles. The summed E-state index contributed by atoms with van der Waals surface area (Å²) in [6, 6.07) is 13.1. The summed E-state index contributed by atoms with van der Waals surface area (Å²) in [5.41, 5.74) is 5.41. The predicted octanol–water partition coefficient (Wildman–Crippen LogP) is 0.509. The van der Waals surface area contributed by atoms with Gasteiger partial charge in [0, 0.05) is 16.8 Å². The molecule has 11 heteroatoms. The van der Waals surface area contributed by atoms with Gasteiger partial charge in [0.05, 0.1) is 39.6 Å². The minimum atomic E-state index is -5.09. The molecule has 1 aliphatic rings. The second-order valence-corrected chi connectivity index (χ2v) is 9.79. The number of esters is 1. The molecular formula is C25H21N2NaO7S. The Morgan fingerprint density at radius 1 is 1.00 bits per heavy atom. The van der Waals surface area contributed by atoms with E-state index in [-0.39, 0.29) is 75.6 Å². The summed E-state index contributed by atoms with van der Waals surface area (Å²) in [6.07, 6.45) is 0. The van der Waals surface area contributed by atoms with Gasteiger partial charge in [0.1, 0.15) is 10.1 Å². The van der Waals surface area contributed by atoms with Gasteiger partial charge in [-0.05, 0) is 30.2 Å². The van der Waals surface area contributed by atoms with E-state index < -0.39 is 38.2 Å². The van der Waals surface area contributed by atoms with Crippen molar-refractivity contribution in [2.75, 3.05) is 17.7 Å². The van der Waals surface area contributed by atoms with Crippen molar-refractivity contribution in [3.63, 3.8) is 0 Å². The Hall–Kier alpha value is -3.02. The molecule has 0 saturated carbocycles. The van der Waals surface area contributed by atoms with Crippen LogP contribution in [0.25, 0.3) is 0 Å². The predicted molar refractivity (Wildman–Crippen MR) is 127 cm³/mol. The van der Waals surface area contributed by atoms with E-state index in [1.54, 1.807) is 24.3 Å². The largest absolute Gasteiger partial charge is 1.00 e. The van der Waals surface area contributed by atoms with Crippen molar-refractivity contribution < 1.29 is 61.6 Å². The first kappa shape index (κ1) is 27.6. The van der Waals surface area contributed by atoms with Crippen molar-refractivity contribution in [3.05, 3.63) is 82.4 Å². The number of benzene rings is 3. The van der Waals surface area contributed by atoms with Crippen LogP contribution in [-0.4, -0.2) is 37.1 Å². The van der Waals surface area contributed by atoms with Gasteiger partial charge in [-0.2, -0.15) is 0 Å². The third-order valence-corrected chi connectivity index (χ3v) is 6.27. The van der Waals surface area contributed by atoms with E-state index in [9.17, 15) is 27.4 Å². The van der Waals surface area contributed by atoms with E-state index in [1.807, 2.05) is 13.8 Å². The summed E-state index contributed by atoms with van der Waals surface area (Å²) in [4.78, 5) is 38.1. The van der Waals surface area contributed by atoms with Gasteiger partial charge in [-0.15, -0.1) is 0 Å². The first-order valence-corrected chi connectivity index (χ1v) is 12.0. The van der Waals surface area contributed by atoms with Crippen molar-refractivity contribution in [2.24, 2.45) is 5.92 Å². The molecule has 3 aromatic rings. The van der Waals surface area contributed by atoms with E-state index >= 15 is 0 Å². The van der Waals surface area contributed by atoms with Crippen LogP contribution in [0.1, 0.15) is 56.0 Å². The Balaban J connectivity index is 0.00000361. The van der Waals surface area contributed by atoms with Gasteiger partial charge in [-0.3, -0.25) is 9.59 Å². The Morgan fingerprint density at radius 2 is 1.61 bits per heavy atom. The van der Waals surface area contributed by atoms with Crippen LogP contribution in [-0.2, 0) is 14.9 Å². The van der Waals surface area contributed by atoms with E-state index in [0.717, 1.165) is 6.07 Å². The molecule has 0 atom stereocenters. The fourth-order valence-corrected chi connectivity index (χ4v) is 4.44. The average Bonchev–Trinajstić information content (AvgIpc) is 2.81. The van der Waals surface area contributed by atoms with Crippen LogP contribution < -0.4 is 40.6 Å². The number of ketones is 2. The summed E-state index contributed by atoms with van der Waals surface area (Å²) in [7, 11) is -5.09. The molecule has 3 aromatic carbocycles. The Morgan fingerprint density at radius 3 is 2.19 bits per heavy atom. The Bertz CT molecular complexity index is 1500. The fourth-order valence-electron chi connectivity index (χ4n) is 3.80. The number of ether oxygens (including phenoxy) is 1. The molecule has 36 heavy (non-hydrogen) atoms. The molecule has 0 spiro atoms. The molecule has 9 nitrogen and oxygen atoms in total. The van der Waals surface area contributed by atoms with Crippen molar-refractivity contribution >= 4 is 44.7 Å². The fraction of sp³-hybridized carbons (Fsp3) is 0.160. The summed E-state index contributed by atoms with van der Waals surface area (Å²) < 4.78 is 41.0. The summed E-state index contributed by atoms with van der Waals surface area (Å²) in [5.74, 6) is -1.66. The summed E-state index contributed by atoms with van der Waals surface area (Å²) in [6.45, 7) is 4.02. The number of nitrogen functional groups attached to an aromatic ring is 1. The van der Waals surface area contributed by atoms with Crippen LogP contribution in [0.15, 0.2) is 59.5 Å². The third-order valence-electron chi connectivity index (χ3n) is 5.39. The van der Waals surface area contributed by atoms with Gasteiger partial charge in [0.15, 0.2) is 11.6 Å². The van der Waals surface area contributed by atoms with E-state index in [1.165, 1.54) is 24.3 Å². The van der Waals surface area contributed by atoms with Gasteiger partial charge in [-0.1, -0.05) is 44.2 Å². The maximum Gasteiger partial charge on any atom is 1.00 e. The molecule has 4 rings (SSSR count). The Kier molecular flexibility index (Phi) is 8.07. The minimum absolute atomic E-state index is 0. The molecular weight excluding hydrogens is 495 g/mol. The first-order valence-electron chi connectivity index (χ1n) is 10.6. The normalized spacial score (nSPS) is 12.4. The van der Waals surface area contributed by atoms with Gasteiger partial charge in [0.2, 0.25) is 0 Å². The number of fused-ring (bicyclic) bond motifs is 2. The van der Waals surface area contributed by atoms with Crippen LogP contribution >= 0.6 is 0 Å². The van der Waals surface area contributed by atoms with Crippen LogP contribution in [0.2, 0.25) is 0 Å². The molecule has 0 saturated heterocycles. The number of carbonyl (C=O) groups excluding carboxylic acids is 3. The molecule has 0 fully saturated rings. The second kappa shape index (κ2) is 10.5. The maximum absolute atomic E-state index is 13.4. The summed E-state index contributed by atoms with van der Waals surface area (Å²) >= 11 is 0.